The topological polar surface area (TPSA) is 78.7 Å². The lowest BCUT2D eigenvalue weighted by Crippen LogP contribution is -2.13. The summed E-state index contributed by atoms with van der Waals surface area (Å²) >= 11 is 0. The fraction of sp³-hybridized carbons (Fsp3) is 0.562. The third-order valence-electron chi connectivity index (χ3n) is 3.23. The molecule has 0 saturated heterocycles. The molecule has 7 nitrogen and oxygen atoms in total. The number of rotatable bonds is 1. The second-order valence-electron chi connectivity index (χ2n) is 4.88. The summed E-state index contributed by atoms with van der Waals surface area (Å²) in [7, 11) is 0. The first-order valence-corrected chi connectivity index (χ1v) is 7.63. The molecule has 1 N–H and O–H groups in total. The molecule has 0 amide bonds. The summed E-state index contributed by atoms with van der Waals surface area (Å²) in [6.07, 6.45) is 0. The van der Waals surface area contributed by atoms with Gasteiger partial charge in [-0.05, 0) is 25.1 Å². The van der Waals surface area contributed by atoms with Crippen molar-refractivity contribution < 1.29 is 28.9 Å². The average molecular weight is 325 g/mol. The van der Waals surface area contributed by atoms with E-state index in [4.69, 9.17) is 28.9 Å². The van der Waals surface area contributed by atoms with Crippen LogP contribution in [0.25, 0.3) is 0 Å². The van der Waals surface area contributed by atoms with E-state index in [1.807, 2.05) is 6.07 Å². The van der Waals surface area contributed by atoms with Gasteiger partial charge in [-0.1, -0.05) is 5.16 Å². The highest BCUT2D eigenvalue weighted by atomic mass is 16.6. The number of oxime groups is 1. The Kier molecular flexibility index (Phi) is 7.65. The molecule has 1 aromatic carbocycles. The van der Waals surface area contributed by atoms with Crippen LogP contribution < -0.4 is 9.47 Å². The van der Waals surface area contributed by atoms with Gasteiger partial charge in [0.2, 0.25) is 0 Å². The van der Waals surface area contributed by atoms with Gasteiger partial charge in [-0.2, -0.15) is 0 Å². The van der Waals surface area contributed by atoms with Crippen molar-refractivity contribution in [2.75, 3.05) is 52.9 Å². The van der Waals surface area contributed by atoms with Gasteiger partial charge in [0.15, 0.2) is 11.5 Å². The van der Waals surface area contributed by atoms with Crippen LogP contribution in [0.3, 0.4) is 0 Å². The summed E-state index contributed by atoms with van der Waals surface area (Å²) < 4.78 is 27.6. The average Bonchev–Trinajstić information content (AvgIpc) is 2.59. The predicted molar refractivity (Wildman–Crippen MR) is 83.9 cm³/mol. The van der Waals surface area contributed by atoms with Crippen molar-refractivity contribution in [1.29, 1.82) is 0 Å². The van der Waals surface area contributed by atoms with Crippen molar-refractivity contribution in [3.05, 3.63) is 23.8 Å². The van der Waals surface area contributed by atoms with Crippen LogP contribution in [0.4, 0.5) is 0 Å². The number of benzene rings is 1. The predicted octanol–water partition coefficient (Wildman–Crippen LogP) is 1.71. The summed E-state index contributed by atoms with van der Waals surface area (Å²) in [6.45, 7) is 5.57. The summed E-state index contributed by atoms with van der Waals surface area (Å²) in [5, 5.41) is 12.1. The first kappa shape index (κ1) is 17.5. The minimum Gasteiger partial charge on any atom is -0.487 e. The molecule has 1 aromatic rings. The van der Waals surface area contributed by atoms with Crippen LogP contribution >= 0.6 is 0 Å². The Labute approximate surface area is 135 Å². The number of fused-ring (bicyclic) bond motifs is 1. The van der Waals surface area contributed by atoms with Gasteiger partial charge >= 0.3 is 0 Å². The molecular weight excluding hydrogens is 302 g/mol. The monoisotopic (exact) mass is 325 g/mol. The van der Waals surface area contributed by atoms with E-state index in [0.717, 1.165) is 5.56 Å². The molecule has 0 aromatic heterocycles. The zero-order valence-corrected chi connectivity index (χ0v) is 13.3. The van der Waals surface area contributed by atoms with Crippen LogP contribution in [0, 0.1) is 0 Å². The van der Waals surface area contributed by atoms with Crippen LogP contribution in [0.1, 0.15) is 12.5 Å². The lowest BCUT2D eigenvalue weighted by Gasteiger charge is -2.14. The molecule has 1 aliphatic heterocycles. The molecule has 1 aliphatic rings. The van der Waals surface area contributed by atoms with Gasteiger partial charge in [0.05, 0.1) is 45.4 Å². The molecule has 0 bridgehead atoms. The van der Waals surface area contributed by atoms with E-state index in [1.165, 1.54) is 0 Å². The summed E-state index contributed by atoms with van der Waals surface area (Å²) in [4.78, 5) is 0. The van der Waals surface area contributed by atoms with E-state index in [2.05, 4.69) is 5.16 Å². The van der Waals surface area contributed by atoms with E-state index in [-0.39, 0.29) is 0 Å². The maximum absolute atomic E-state index is 8.90. The van der Waals surface area contributed by atoms with E-state index >= 15 is 0 Å². The smallest absolute Gasteiger partial charge is 0.161 e. The van der Waals surface area contributed by atoms with Gasteiger partial charge in [0.1, 0.15) is 13.2 Å². The Hall–Kier alpha value is -1.83. The maximum atomic E-state index is 8.90. The largest absolute Gasteiger partial charge is 0.487 e. The Balaban J connectivity index is 2.05. The highest BCUT2D eigenvalue weighted by molar-refractivity contribution is 5.98. The third-order valence-corrected chi connectivity index (χ3v) is 3.23. The molecule has 0 atom stereocenters. The minimum atomic E-state index is 0.394. The summed E-state index contributed by atoms with van der Waals surface area (Å²) in [5.74, 6) is 1.20. The molecular formula is C16H23NO6. The Morgan fingerprint density at radius 1 is 0.826 bits per heavy atom. The standard InChI is InChI=1S/C16H23NO6/c1-13(17-18)14-2-3-15-16(12-14)23-11-9-21-7-5-19-4-6-20-8-10-22-15/h2-3,12,18H,4-11H2,1H3. The van der Waals surface area contributed by atoms with Crippen molar-refractivity contribution >= 4 is 5.71 Å². The van der Waals surface area contributed by atoms with Crippen LogP contribution in [0.5, 0.6) is 11.5 Å². The van der Waals surface area contributed by atoms with Crippen LogP contribution in [0.2, 0.25) is 0 Å². The third kappa shape index (κ3) is 6.05. The highest BCUT2D eigenvalue weighted by Gasteiger charge is 2.09. The summed E-state index contributed by atoms with van der Waals surface area (Å²) in [5.41, 5.74) is 1.27. The maximum Gasteiger partial charge on any atom is 0.161 e. The van der Waals surface area contributed by atoms with Crippen molar-refractivity contribution in [2.45, 2.75) is 6.92 Å². The minimum absolute atomic E-state index is 0.394. The Bertz CT molecular complexity index is 505. The van der Waals surface area contributed by atoms with E-state index in [0.29, 0.717) is 70.1 Å². The van der Waals surface area contributed by atoms with Crippen molar-refractivity contribution in [2.24, 2.45) is 5.16 Å². The SMILES string of the molecule is CC(=NO)c1ccc2c(c1)OCCOCCOCCOCCO2. The van der Waals surface area contributed by atoms with Crippen LogP contribution in [-0.2, 0) is 14.2 Å². The fourth-order valence-electron chi connectivity index (χ4n) is 1.99. The molecule has 1 heterocycles. The molecule has 7 heteroatoms. The van der Waals surface area contributed by atoms with Gasteiger partial charge in [-0.15, -0.1) is 0 Å². The van der Waals surface area contributed by atoms with Gasteiger partial charge < -0.3 is 28.9 Å². The molecule has 0 unspecified atom stereocenters. The van der Waals surface area contributed by atoms with Crippen LogP contribution in [-0.4, -0.2) is 63.8 Å². The molecule has 0 aliphatic carbocycles. The quantitative estimate of drug-likeness (QED) is 0.481. The summed E-state index contributed by atoms with van der Waals surface area (Å²) in [6, 6.07) is 5.39. The molecule has 2 rings (SSSR count). The first-order chi connectivity index (χ1) is 11.3. The Morgan fingerprint density at radius 3 is 1.91 bits per heavy atom. The molecule has 23 heavy (non-hydrogen) atoms. The van der Waals surface area contributed by atoms with Crippen molar-refractivity contribution in [3.63, 3.8) is 0 Å². The van der Waals surface area contributed by atoms with Crippen molar-refractivity contribution in [1.82, 2.24) is 0 Å². The molecule has 0 saturated carbocycles. The highest BCUT2D eigenvalue weighted by Crippen LogP contribution is 2.28. The lowest BCUT2D eigenvalue weighted by atomic mass is 10.1. The number of nitrogens with zero attached hydrogens (tertiary/aromatic N) is 1. The number of hydrogen-bond donors (Lipinski definition) is 1. The normalized spacial score (nSPS) is 18.7. The Morgan fingerprint density at radius 2 is 1.35 bits per heavy atom. The molecule has 128 valence electrons. The van der Waals surface area contributed by atoms with Gasteiger partial charge in [0, 0.05) is 5.56 Å². The number of hydrogen-bond acceptors (Lipinski definition) is 7. The van der Waals surface area contributed by atoms with E-state index in [1.54, 1.807) is 19.1 Å². The van der Waals surface area contributed by atoms with Crippen molar-refractivity contribution in [3.8, 4) is 11.5 Å². The lowest BCUT2D eigenvalue weighted by molar-refractivity contribution is 0.00708. The molecule has 0 fully saturated rings. The fourth-order valence-corrected chi connectivity index (χ4v) is 1.99. The molecule has 0 radical (unpaired) electrons. The van der Waals surface area contributed by atoms with Gasteiger partial charge in [0.25, 0.3) is 0 Å². The molecule has 0 spiro atoms. The second-order valence-corrected chi connectivity index (χ2v) is 4.88. The number of ether oxygens (including phenoxy) is 5. The van der Waals surface area contributed by atoms with E-state index < -0.39 is 0 Å². The first-order valence-electron chi connectivity index (χ1n) is 7.63. The zero-order valence-electron chi connectivity index (χ0n) is 13.3. The van der Waals surface area contributed by atoms with Gasteiger partial charge in [-0.25, -0.2) is 0 Å². The van der Waals surface area contributed by atoms with Crippen LogP contribution in [0.15, 0.2) is 23.4 Å². The zero-order chi connectivity index (χ0) is 16.3. The van der Waals surface area contributed by atoms with Gasteiger partial charge in [-0.3, -0.25) is 0 Å². The second kappa shape index (κ2) is 10.0. The van der Waals surface area contributed by atoms with E-state index in [9.17, 15) is 0 Å².